The molecule has 1 aromatic rings. The van der Waals surface area contributed by atoms with Crippen LogP contribution in [0.3, 0.4) is 0 Å². The predicted octanol–water partition coefficient (Wildman–Crippen LogP) is 2.69. The molecule has 1 aromatic carbocycles. The molecule has 0 aliphatic rings. The van der Waals surface area contributed by atoms with Crippen LogP contribution >= 0.6 is 15.9 Å². The van der Waals surface area contributed by atoms with E-state index in [1.54, 1.807) is 12.1 Å². The van der Waals surface area contributed by atoms with Gasteiger partial charge in [-0.2, -0.15) is 0 Å². The zero-order valence-corrected chi connectivity index (χ0v) is 10.3. The zero-order valence-electron chi connectivity index (χ0n) is 8.67. The number of anilines is 1. The van der Waals surface area contributed by atoms with Gasteiger partial charge < -0.3 is 10.4 Å². The Labute approximate surface area is 102 Å². The van der Waals surface area contributed by atoms with Crippen LogP contribution in [-0.2, 0) is 4.79 Å². The van der Waals surface area contributed by atoms with Crippen molar-refractivity contribution in [3.63, 3.8) is 0 Å². The molecule has 2 N–H and O–H groups in total. The monoisotopic (exact) mass is 289 g/mol. The van der Waals surface area contributed by atoms with Crippen LogP contribution in [0.1, 0.15) is 19.3 Å². The van der Waals surface area contributed by atoms with Crippen LogP contribution in [-0.4, -0.2) is 17.6 Å². The van der Waals surface area contributed by atoms with E-state index in [1.165, 1.54) is 6.07 Å². The Hall–Kier alpha value is -0.940. The minimum Gasteiger partial charge on any atom is -0.396 e. The molecule has 0 spiro atoms. The first-order chi connectivity index (χ1) is 7.65. The van der Waals surface area contributed by atoms with Gasteiger partial charge in [0.2, 0.25) is 5.91 Å². The molecule has 1 rings (SSSR count). The summed E-state index contributed by atoms with van der Waals surface area (Å²) in [6, 6.07) is 4.50. The summed E-state index contributed by atoms with van der Waals surface area (Å²) in [7, 11) is 0. The van der Waals surface area contributed by atoms with Gasteiger partial charge >= 0.3 is 0 Å². The fourth-order valence-electron chi connectivity index (χ4n) is 1.22. The molecule has 0 aliphatic heterocycles. The lowest BCUT2D eigenvalue weighted by atomic mass is 10.2. The van der Waals surface area contributed by atoms with Gasteiger partial charge in [-0.3, -0.25) is 4.79 Å². The molecule has 0 fully saturated rings. The fourth-order valence-corrected chi connectivity index (χ4v) is 1.66. The van der Waals surface area contributed by atoms with E-state index in [1.807, 2.05) is 0 Å². The van der Waals surface area contributed by atoms with Crippen molar-refractivity contribution in [2.75, 3.05) is 11.9 Å². The Balaban J connectivity index is 2.56. The van der Waals surface area contributed by atoms with E-state index < -0.39 is 5.82 Å². The number of unbranched alkanes of at least 4 members (excludes halogenated alkanes) is 1. The molecule has 1 amide bonds. The van der Waals surface area contributed by atoms with E-state index in [9.17, 15) is 9.18 Å². The van der Waals surface area contributed by atoms with Gasteiger partial charge in [0, 0.05) is 17.5 Å². The number of aliphatic hydroxyl groups excluding tert-OH is 1. The summed E-state index contributed by atoms with van der Waals surface area (Å²) in [6.45, 7) is 0.0661. The van der Waals surface area contributed by atoms with Gasteiger partial charge in [0.15, 0.2) is 0 Å². The Morgan fingerprint density at radius 2 is 2.19 bits per heavy atom. The average Bonchev–Trinajstić information content (AvgIpc) is 2.24. The maximum atomic E-state index is 13.3. The number of benzene rings is 1. The number of carbonyl (C=O) groups excluding carboxylic acids is 1. The van der Waals surface area contributed by atoms with Crippen molar-refractivity contribution >= 4 is 27.5 Å². The van der Waals surface area contributed by atoms with Crippen LogP contribution in [0.15, 0.2) is 22.7 Å². The number of hydrogen-bond acceptors (Lipinski definition) is 2. The van der Waals surface area contributed by atoms with E-state index in [0.717, 1.165) is 0 Å². The molecule has 0 saturated heterocycles. The third kappa shape index (κ3) is 3.90. The maximum Gasteiger partial charge on any atom is 0.224 e. The van der Waals surface area contributed by atoms with E-state index in [2.05, 4.69) is 21.2 Å². The summed E-state index contributed by atoms with van der Waals surface area (Å²) < 4.78 is 13.8. The maximum absolute atomic E-state index is 13.3. The van der Waals surface area contributed by atoms with Crippen LogP contribution in [0.25, 0.3) is 0 Å². The molecular formula is C11H13BrFNO2. The standard InChI is InChI=1S/C11H13BrFNO2/c12-8-4-3-5-9(13)11(8)14-10(16)6-1-2-7-15/h3-5,15H,1-2,6-7H2,(H,14,16). The summed E-state index contributed by atoms with van der Waals surface area (Å²) in [4.78, 5) is 11.4. The van der Waals surface area contributed by atoms with E-state index >= 15 is 0 Å². The number of para-hydroxylation sites is 1. The zero-order chi connectivity index (χ0) is 12.0. The molecule has 0 bridgehead atoms. The molecule has 0 radical (unpaired) electrons. The average molecular weight is 290 g/mol. The Morgan fingerprint density at radius 3 is 2.81 bits per heavy atom. The first-order valence-electron chi connectivity index (χ1n) is 5.00. The normalized spacial score (nSPS) is 10.2. The number of carbonyl (C=O) groups is 1. The highest BCUT2D eigenvalue weighted by atomic mass is 79.9. The molecule has 0 aromatic heterocycles. The number of aliphatic hydroxyl groups is 1. The molecular weight excluding hydrogens is 277 g/mol. The van der Waals surface area contributed by atoms with Crippen molar-refractivity contribution in [1.29, 1.82) is 0 Å². The lowest BCUT2D eigenvalue weighted by Gasteiger charge is -2.07. The van der Waals surface area contributed by atoms with E-state index in [0.29, 0.717) is 17.3 Å². The van der Waals surface area contributed by atoms with Gasteiger partial charge in [-0.1, -0.05) is 6.07 Å². The molecule has 88 valence electrons. The molecule has 0 unspecified atom stereocenters. The smallest absolute Gasteiger partial charge is 0.224 e. The van der Waals surface area contributed by atoms with Gasteiger partial charge in [0.1, 0.15) is 5.82 Å². The van der Waals surface area contributed by atoms with Crippen molar-refractivity contribution in [3.8, 4) is 0 Å². The number of nitrogens with one attached hydrogen (secondary N) is 1. The van der Waals surface area contributed by atoms with Crippen LogP contribution < -0.4 is 5.32 Å². The summed E-state index contributed by atoms with van der Waals surface area (Å²) in [5, 5.41) is 11.1. The van der Waals surface area contributed by atoms with Gasteiger partial charge in [0.05, 0.1) is 5.69 Å². The molecule has 0 saturated carbocycles. The highest BCUT2D eigenvalue weighted by molar-refractivity contribution is 9.10. The second-order valence-electron chi connectivity index (χ2n) is 3.33. The molecule has 0 atom stereocenters. The van der Waals surface area contributed by atoms with Crippen LogP contribution in [0.5, 0.6) is 0 Å². The van der Waals surface area contributed by atoms with Gasteiger partial charge in [-0.25, -0.2) is 4.39 Å². The topological polar surface area (TPSA) is 49.3 Å². The van der Waals surface area contributed by atoms with E-state index in [-0.39, 0.29) is 24.6 Å². The summed E-state index contributed by atoms with van der Waals surface area (Å²) in [6.07, 6.45) is 1.45. The lowest BCUT2D eigenvalue weighted by Crippen LogP contribution is -2.13. The molecule has 3 nitrogen and oxygen atoms in total. The predicted molar refractivity (Wildman–Crippen MR) is 63.7 cm³/mol. The van der Waals surface area contributed by atoms with Crippen LogP contribution in [0, 0.1) is 5.82 Å². The SMILES string of the molecule is O=C(CCCCO)Nc1c(F)cccc1Br. The third-order valence-electron chi connectivity index (χ3n) is 2.04. The van der Waals surface area contributed by atoms with Crippen molar-refractivity contribution in [3.05, 3.63) is 28.5 Å². The number of amides is 1. The second kappa shape index (κ2) is 6.60. The quantitative estimate of drug-likeness (QED) is 0.819. The molecule has 0 heterocycles. The number of rotatable bonds is 5. The highest BCUT2D eigenvalue weighted by Crippen LogP contribution is 2.25. The van der Waals surface area contributed by atoms with Crippen molar-refractivity contribution in [2.24, 2.45) is 0 Å². The summed E-state index contributed by atoms with van der Waals surface area (Å²) in [5.41, 5.74) is 0.163. The first-order valence-corrected chi connectivity index (χ1v) is 5.79. The van der Waals surface area contributed by atoms with Crippen LogP contribution in [0.2, 0.25) is 0 Å². The number of halogens is 2. The largest absolute Gasteiger partial charge is 0.396 e. The minimum absolute atomic E-state index is 0.0661. The lowest BCUT2D eigenvalue weighted by molar-refractivity contribution is -0.116. The van der Waals surface area contributed by atoms with Crippen molar-refractivity contribution in [1.82, 2.24) is 0 Å². The van der Waals surface area contributed by atoms with Gasteiger partial charge in [-0.05, 0) is 40.9 Å². The first kappa shape index (κ1) is 13.1. The Kier molecular flexibility index (Phi) is 5.42. The fraction of sp³-hybridized carbons (Fsp3) is 0.364. The Bertz CT molecular complexity index is 351. The van der Waals surface area contributed by atoms with Crippen molar-refractivity contribution in [2.45, 2.75) is 19.3 Å². The van der Waals surface area contributed by atoms with Crippen molar-refractivity contribution < 1.29 is 14.3 Å². The van der Waals surface area contributed by atoms with Gasteiger partial charge in [-0.15, -0.1) is 0 Å². The summed E-state index contributed by atoms with van der Waals surface area (Å²) in [5.74, 6) is -0.718. The summed E-state index contributed by atoms with van der Waals surface area (Å²) >= 11 is 3.16. The van der Waals surface area contributed by atoms with E-state index in [4.69, 9.17) is 5.11 Å². The number of hydrogen-bond donors (Lipinski definition) is 2. The second-order valence-corrected chi connectivity index (χ2v) is 4.18. The highest BCUT2D eigenvalue weighted by Gasteiger charge is 2.09. The third-order valence-corrected chi connectivity index (χ3v) is 2.70. The van der Waals surface area contributed by atoms with Gasteiger partial charge in [0.25, 0.3) is 0 Å². The Morgan fingerprint density at radius 1 is 1.44 bits per heavy atom. The minimum atomic E-state index is -0.468. The molecule has 16 heavy (non-hydrogen) atoms. The molecule has 0 aliphatic carbocycles. The molecule has 5 heteroatoms. The van der Waals surface area contributed by atoms with Crippen LogP contribution in [0.4, 0.5) is 10.1 Å².